The molecule has 0 aliphatic heterocycles. The molecule has 4 N–H and O–H groups in total. The van der Waals surface area contributed by atoms with Crippen molar-refractivity contribution in [3.05, 3.63) is 11.4 Å². The van der Waals surface area contributed by atoms with Gasteiger partial charge in [-0.3, -0.25) is 0 Å². The summed E-state index contributed by atoms with van der Waals surface area (Å²) in [7, 11) is 0. The molecule has 1 aromatic heterocycles. The molecule has 1 aromatic rings. The molecule has 1 heterocycles. The summed E-state index contributed by atoms with van der Waals surface area (Å²) in [5, 5.41) is 12.9. The lowest BCUT2D eigenvalue weighted by atomic mass is 9.93. The van der Waals surface area contributed by atoms with Crippen LogP contribution >= 0.6 is 0 Å². The maximum absolute atomic E-state index is 9.59. The molecule has 0 saturated carbocycles. The molecule has 5 nitrogen and oxygen atoms in total. The Balaban J connectivity index is 3.13. The lowest BCUT2D eigenvalue weighted by Crippen LogP contribution is -2.41. The average Bonchev–Trinajstić information content (AvgIpc) is 2.40. The predicted molar refractivity (Wildman–Crippen MR) is 74.6 cm³/mol. The molecular weight excluding hydrogens is 228 g/mol. The highest BCUT2D eigenvalue weighted by Gasteiger charge is 2.26. The van der Waals surface area contributed by atoms with Gasteiger partial charge in [0.25, 0.3) is 0 Å². The van der Waals surface area contributed by atoms with Crippen molar-refractivity contribution in [2.24, 2.45) is 0 Å². The van der Waals surface area contributed by atoms with E-state index in [1.165, 1.54) is 0 Å². The predicted octanol–water partition coefficient (Wildman–Crippen LogP) is 1.89. The van der Waals surface area contributed by atoms with E-state index in [1.54, 1.807) is 0 Å². The van der Waals surface area contributed by atoms with Gasteiger partial charge < -0.3 is 16.2 Å². The van der Waals surface area contributed by atoms with E-state index in [0.717, 1.165) is 36.5 Å². The molecule has 18 heavy (non-hydrogen) atoms. The molecule has 0 saturated heterocycles. The van der Waals surface area contributed by atoms with Gasteiger partial charge in [-0.25, -0.2) is 9.97 Å². The highest BCUT2D eigenvalue weighted by molar-refractivity contribution is 5.56. The zero-order valence-electron chi connectivity index (χ0n) is 11.7. The Morgan fingerprint density at radius 2 is 1.83 bits per heavy atom. The van der Waals surface area contributed by atoms with Crippen LogP contribution in [-0.2, 0) is 6.42 Å². The zero-order chi connectivity index (χ0) is 13.8. The van der Waals surface area contributed by atoms with Crippen LogP contribution in [0.25, 0.3) is 0 Å². The first kappa shape index (κ1) is 14.7. The number of aryl methyl sites for hydroxylation is 1. The number of rotatable bonds is 6. The lowest BCUT2D eigenvalue weighted by molar-refractivity contribution is 0.202. The van der Waals surface area contributed by atoms with Crippen LogP contribution in [0.3, 0.4) is 0 Å². The van der Waals surface area contributed by atoms with E-state index >= 15 is 0 Å². The van der Waals surface area contributed by atoms with Gasteiger partial charge in [0.2, 0.25) is 0 Å². The number of aliphatic hydroxyl groups is 1. The van der Waals surface area contributed by atoms with Gasteiger partial charge in [-0.05, 0) is 19.8 Å². The number of nitrogen functional groups attached to an aromatic ring is 1. The van der Waals surface area contributed by atoms with Gasteiger partial charge in [-0.2, -0.15) is 0 Å². The first-order valence-electron chi connectivity index (χ1n) is 6.53. The molecule has 0 aliphatic carbocycles. The molecular formula is C13H24N4O. The summed E-state index contributed by atoms with van der Waals surface area (Å²) in [5.41, 5.74) is 6.39. The van der Waals surface area contributed by atoms with Gasteiger partial charge in [0.15, 0.2) is 0 Å². The van der Waals surface area contributed by atoms with Crippen LogP contribution < -0.4 is 11.1 Å². The number of anilines is 2. The number of hydrogen-bond acceptors (Lipinski definition) is 5. The van der Waals surface area contributed by atoms with E-state index in [1.807, 2.05) is 27.7 Å². The number of aromatic nitrogens is 2. The van der Waals surface area contributed by atoms with Crippen molar-refractivity contribution >= 4 is 11.6 Å². The topological polar surface area (TPSA) is 84.1 Å². The third-order valence-electron chi connectivity index (χ3n) is 3.59. The highest BCUT2D eigenvalue weighted by atomic mass is 16.3. The Morgan fingerprint density at radius 1 is 1.22 bits per heavy atom. The van der Waals surface area contributed by atoms with Crippen molar-refractivity contribution in [3.63, 3.8) is 0 Å². The molecule has 0 atom stereocenters. The van der Waals surface area contributed by atoms with Gasteiger partial charge >= 0.3 is 0 Å². The lowest BCUT2D eigenvalue weighted by Gasteiger charge is -2.32. The molecule has 1 rings (SSSR count). The van der Waals surface area contributed by atoms with Crippen molar-refractivity contribution in [1.29, 1.82) is 0 Å². The van der Waals surface area contributed by atoms with Gasteiger partial charge in [-0.15, -0.1) is 0 Å². The van der Waals surface area contributed by atoms with Gasteiger partial charge in [-0.1, -0.05) is 20.8 Å². The Kier molecular flexibility index (Phi) is 4.90. The quantitative estimate of drug-likeness (QED) is 0.720. The van der Waals surface area contributed by atoms with E-state index in [-0.39, 0.29) is 12.1 Å². The Hall–Kier alpha value is -1.36. The maximum Gasteiger partial charge on any atom is 0.135 e. The molecule has 0 aliphatic rings. The standard InChI is InChI=1S/C13H24N4O/c1-5-10-15-11(14)9(4)12(16-10)17-13(6-2,7-3)8-18/h18H,5-8H2,1-4H3,(H3,14,15,16,17). The van der Waals surface area contributed by atoms with Gasteiger partial charge in [0.1, 0.15) is 17.5 Å². The first-order valence-corrected chi connectivity index (χ1v) is 6.53. The Labute approximate surface area is 109 Å². The minimum Gasteiger partial charge on any atom is -0.394 e. The molecule has 102 valence electrons. The van der Waals surface area contributed by atoms with Gasteiger partial charge in [0, 0.05) is 12.0 Å². The van der Waals surface area contributed by atoms with E-state index in [4.69, 9.17) is 5.73 Å². The van der Waals surface area contributed by atoms with Crippen LogP contribution in [-0.4, -0.2) is 27.2 Å². The van der Waals surface area contributed by atoms with Crippen LogP contribution in [0.15, 0.2) is 0 Å². The number of nitrogens with zero attached hydrogens (tertiary/aromatic N) is 2. The Morgan fingerprint density at radius 3 is 2.28 bits per heavy atom. The summed E-state index contributed by atoms with van der Waals surface area (Å²) in [5.74, 6) is 1.96. The summed E-state index contributed by atoms with van der Waals surface area (Å²) >= 11 is 0. The van der Waals surface area contributed by atoms with E-state index in [2.05, 4.69) is 15.3 Å². The second-order valence-electron chi connectivity index (χ2n) is 4.62. The normalized spacial score (nSPS) is 11.6. The highest BCUT2D eigenvalue weighted by Crippen LogP contribution is 2.25. The fourth-order valence-electron chi connectivity index (χ4n) is 1.80. The van der Waals surface area contributed by atoms with Crippen molar-refractivity contribution in [1.82, 2.24) is 9.97 Å². The first-order chi connectivity index (χ1) is 8.51. The Bertz CT molecular complexity index is 394. The molecule has 5 heteroatoms. The van der Waals surface area contributed by atoms with Crippen LogP contribution in [0.1, 0.15) is 45.0 Å². The summed E-state index contributed by atoms with van der Waals surface area (Å²) < 4.78 is 0. The van der Waals surface area contributed by atoms with Gasteiger partial charge in [0.05, 0.1) is 12.1 Å². The largest absolute Gasteiger partial charge is 0.394 e. The maximum atomic E-state index is 9.59. The average molecular weight is 252 g/mol. The fraction of sp³-hybridized carbons (Fsp3) is 0.692. The summed E-state index contributed by atoms with van der Waals surface area (Å²) in [6.07, 6.45) is 2.39. The van der Waals surface area contributed by atoms with Crippen molar-refractivity contribution in [3.8, 4) is 0 Å². The van der Waals surface area contributed by atoms with E-state index < -0.39 is 0 Å². The van der Waals surface area contributed by atoms with Crippen molar-refractivity contribution in [2.45, 2.75) is 52.5 Å². The van der Waals surface area contributed by atoms with E-state index in [9.17, 15) is 5.11 Å². The van der Waals surface area contributed by atoms with Crippen molar-refractivity contribution < 1.29 is 5.11 Å². The minimum absolute atomic E-state index is 0.0742. The SMILES string of the molecule is CCc1nc(N)c(C)c(NC(CC)(CC)CO)n1. The minimum atomic E-state index is -0.337. The smallest absolute Gasteiger partial charge is 0.135 e. The number of hydrogen-bond donors (Lipinski definition) is 3. The zero-order valence-corrected chi connectivity index (χ0v) is 11.7. The van der Waals surface area contributed by atoms with Crippen LogP contribution in [0.2, 0.25) is 0 Å². The van der Waals surface area contributed by atoms with E-state index in [0.29, 0.717) is 5.82 Å². The number of aliphatic hydroxyl groups excluding tert-OH is 1. The molecule has 0 radical (unpaired) electrons. The fourth-order valence-corrected chi connectivity index (χ4v) is 1.80. The molecule has 0 fully saturated rings. The molecule has 0 unspecified atom stereocenters. The number of nitrogens with one attached hydrogen (secondary N) is 1. The third-order valence-corrected chi connectivity index (χ3v) is 3.59. The summed E-state index contributed by atoms with van der Waals surface area (Å²) in [6.45, 7) is 8.06. The number of nitrogens with two attached hydrogens (primary N) is 1. The van der Waals surface area contributed by atoms with Crippen LogP contribution in [0.4, 0.5) is 11.6 Å². The monoisotopic (exact) mass is 252 g/mol. The molecule has 0 amide bonds. The molecule has 0 spiro atoms. The second-order valence-corrected chi connectivity index (χ2v) is 4.62. The second kappa shape index (κ2) is 6.00. The summed E-state index contributed by atoms with van der Waals surface area (Å²) in [4.78, 5) is 8.69. The summed E-state index contributed by atoms with van der Waals surface area (Å²) in [6, 6.07) is 0. The molecule has 0 bridgehead atoms. The van der Waals surface area contributed by atoms with Crippen LogP contribution in [0, 0.1) is 6.92 Å². The van der Waals surface area contributed by atoms with Crippen LogP contribution in [0.5, 0.6) is 0 Å². The third kappa shape index (κ3) is 2.90. The van der Waals surface area contributed by atoms with Crippen molar-refractivity contribution in [2.75, 3.05) is 17.7 Å². The molecule has 0 aromatic carbocycles.